The van der Waals surface area contributed by atoms with Crippen molar-refractivity contribution < 1.29 is 18.9 Å². The number of aliphatic hydroxyl groups is 1. The van der Waals surface area contributed by atoms with Gasteiger partial charge in [0.05, 0.1) is 6.61 Å². The number of hydrogen-bond acceptors (Lipinski definition) is 5. The zero-order valence-electron chi connectivity index (χ0n) is 7.25. The minimum absolute atomic E-state index is 0.157. The molecular formula is C6H11BO4PS+. The molecule has 4 atom stereocenters. The van der Waals surface area contributed by atoms with Crippen LogP contribution in [0, 0.1) is 0 Å². The Morgan fingerprint density at radius 2 is 2.54 bits per heavy atom. The molecule has 1 aliphatic heterocycles. The van der Waals surface area contributed by atoms with Crippen LogP contribution >= 0.6 is 18.6 Å². The van der Waals surface area contributed by atoms with E-state index in [1.54, 1.807) is 6.26 Å². The third kappa shape index (κ3) is 3.22. The zero-order valence-corrected chi connectivity index (χ0v) is 8.96. The van der Waals surface area contributed by atoms with Crippen molar-refractivity contribution in [3.05, 3.63) is 0 Å². The largest absolute Gasteiger partial charge is 0.585 e. The van der Waals surface area contributed by atoms with Gasteiger partial charge in [-0.25, -0.2) is 0 Å². The van der Waals surface area contributed by atoms with Gasteiger partial charge >= 0.3 is 7.23 Å². The van der Waals surface area contributed by atoms with Gasteiger partial charge in [0.1, 0.15) is 20.1 Å². The summed E-state index contributed by atoms with van der Waals surface area (Å²) in [6, 6.07) is -0.424. The first-order valence-electron chi connectivity index (χ1n) is 3.87. The maximum atomic E-state index is 11.0. The van der Waals surface area contributed by atoms with Gasteiger partial charge in [-0.05, 0) is 11.0 Å². The van der Waals surface area contributed by atoms with Crippen molar-refractivity contribution in [2.75, 3.05) is 12.9 Å². The molecule has 7 heteroatoms. The normalized spacial score (nSPS) is 34.9. The molecule has 1 saturated heterocycles. The topological polar surface area (TPSA) is 55.8 Å². The second kappa shape index (κ2) is 5.32. The number of aliphatic hydroxyl groups excluding tert-OH is 1. The molecule has 1 fully saturated rings. The van der Waals surface area contributed by atoms with Gasteiger partial charge in [-0.2, -0.15) is 0 Å². The predicted molar refractivity (Wildman–Crippen MR) is 52.1 cm³/mol. The summed E-state index contributed by atoms with van der Waals surface area (Å²) in [6.07, 6.45) is 1.38. The molecule has 0 aromatic heterocycles. The summed E-state index contributed by atoms with van der Waals surface area (Å²) in [5.41, 5.74) is 0. The van der Waals surface area contributed by atoms with Crippen LogP contribution in [0.3, 0.4) is 0 Å². The monoisotopic (exact) mass is 221 g/mol. The van der Waals surface area contributed by atoms with Crippen molar-refractivity contribution in [3.8, 4) is 0 Å². The SMILES string of the molecule is [B]C1CC(O[P+](=O)SC)C(CO)O1. The summed E-state index contributed by atoms with van der Waals surface area (Å²) in [5, 5.41) is 8.88. The van der Waals surface area contributed by atoms with Gasteiger partial charge in [-0.1, -0.05) is 0 Å². The van der Waals surface area contributed by atoms with Gasteiger partial charge in [0, 0.05) is 12.3 Å². The molecule has 0 aromatic carbocycles. The van der Waals surface area contributed by atoms with Crippen LogP contribution in [0.2, 0.25) is 0 Å². The molecule has 13 heavy (non-hydrogen) atoms. The highest BCUT2D eigenvalue weighted by Crippen LogP contribution is 2.40. The molecule has 1 aliphatic rings. The minimum atomic E-state index is -1.72. The van der Waals surface area contributed by atoms with E-state index in [4.69, 9.17) is 22.2 Å². The Bertz CT molecular complexity index is 193. The second-order valence-corrected chi connectivity index (χ2v) is 5.69. The lowest BCUT2D eigenvalue weighted by molar-refractivity contribution is 0.00646. The van der Waals surface area contributed by atoms with E-state index >= 15 is 0 Å². The molecule has 4 unspecified atom stereocenters. The highest BCUT2D eigenvalue weighted by atomic mass is 32.7. The van der Waals surface area contributed by atoms with E-state index in [0.29, 0.717) is 6.42 Å². The van der Waals surface area contributed by atoms with E-state index in [1.165, 1.54) is 0 Å². The maximum Gasteiger partial charge on any atom is 0.585 e. The third-order valence-corrected chi connectivity index (χ3v) is 3.67. The fourth-order valence-electron chi connectivity index (χ4n) is 1.17. The second-order valence-electron chi connectivity index (χ2n) is 2.68. The van der Waals surface area contributed by atoms with Crippen LogP contribution in [0.1, 0.15) is 6.42 Å². The number of rotatable bonds is 4. The molecule has 1 rings (SSSR count). The van der Waals surface area contributed by atoms with Crippen LogP contribution in [-0.4, -0.2) is 44.0 Å². The number of ether oxygens (including phenoxy) is 1. The van der Waals surface area contributed by atoms with Crippen LogP contribution in [-0.2, 0) is 13.8 Å². The first kappa shape index (κ1) is 11.5. The van der Waals surface area contributed by atoms with Crippen molar-refractivity contribution in [2.45, 2.75) is 24.6 Å². The Labute approximate surface area is 83.4 Å². The molecule has 1 N–H and O–H groups in total. The smallest absolute Gasteiger partial charge is 0.394 e. The summed E-state index contributed by atoms with van der Waals surface area (Å²) in [4.78, 5) is 0. The van der Waals surface area contributed by atoms with Crippen LogP contribution in [0.4, 0.5) is 0 Å². The first-order valence-corrected chi connectivity index (χ1v) is 6.88. The molecule has 1 heterocycles. The van der Waals surface area contributed by atoms with Crippen molar-refractivity contribution in [3.63, 3.8) is 0 Å². The molecule has 2 radical (unpaired) electrons. The number of hydrogen-bond donors (Lipinski definition) is 1. The molecule has 4 nitrogen and oxygen atoms in total. The Hall–Kier alpha value is 0.395. The van der Waals surface area contributed by atoms with E-state index in [-0.39, 0.29) is 12.7 Å². The highest BCUT2D eigenvalue weighted by molar-refractivity contribution is 8.49. The van der Waals surface area contributed by atoms with Crippen LogP contribution in [0.5, 0.6) is 0 Å². The summed E-state index contributed by atoms with van der Waals surface area (Å²) in [6.45, 7) is -0.157. The molecular weight excluding hydrogens is 210 g/mol. The van der Waals surface area contributed by atoms with E-state index in [0.717, 1.165) is 11.4 Å². The molecule has 0 bridgehead atoms. The average Bonchev–Trinajstić information content (AvgIpc) is 2.46. The zero-order chi connectivity index (χ0) is 9.84. The van der Waals surface area contributed by atoms with Gasteiger partial charge < -0.3 is 9.84 Å². The van der Waals surface area contributed by atoms with Crippen molar-refractivity contribution in [1.29, 1.82) is 0 Å². The Kier molecular flexibility index (Phi) is 4.69. The lowest BCUT2D eigenvalue weighted by atomic mass is 9.96. The Morgan fingerprint density at radius 3 is 3.08 bits per heavy atom. The molecule has 72 valence electrons. The Balaban J connectivity index is 2.43. The van der Waals surface area contributed by atoms with E-state index < -0.39 is 19.3 Å². The van der Waals surface area contributed by atoms with Gasteiger partial charge in [-0.15, -0.1) is 4.52 Å². The standard InChI is InChI=1S/C6H11BO4PS/c1-13-12(9)11-4-2-6(7)10-5(4)3-8/h4-6,8H,2-3H2,1H3/q+1. The predicted octanol–water partition coefficient (Wildman–Crippen LogP) is 0.668. The molecule has 0 aliphatic carbocycles. The van der Waals surface area contributed by atoms with Gasteiger partial charge in [-0.3, -0.25) is 0 Å². The summed E-state index contributed by atoms with van der Waals surface area (Å²) in [5.74, 6) is 0. The molecule has 0 amide bonds. The minimum Gasteiger partial charge on any atom is -0.394 e. The van der Waals surface area contributed by atoms with E-state index in [9.17, 15) is 4.57 Å². The molecule has 0 spiro atoms. The van der Waals surface area contributed by atoms with Crippen molar-refractivity contribution >= 4 is 26.5 Å². The third-order valence-electron chi connectivity index (χ3n) is 1.78. The summed E-state index contributed by atoms with van der Waals surface area (Å²) < 4.78 is 21.3. The van der Waals surface area contributed by atoms with Gasteiger partial charge in [0.2, 0.25) is 0 Å². The molecule has 0 saturated carbocycles. The lowest BCUT2D eigenvalue weighted by Gasteiger charge is -2.09. The fourth-order valence-corrected chi connectivity index (χ4v) is 2.29. The lowest BCUT2D eigenvalue weighted by Crippen LogP contribution is -2.25. The quantitative estimate of drug-likeness (QED) is 0.558. The van der Waals surface area contributed by atoms with E-state index in [2.05, 4.69) is 0 Å². The first-order chi connectivity index (χ1) is 6.17. The highest BCUT2D eigenvalue weighted by Gasteiger charge is 2.39. The van der Waals surface area contributed by atoms with Gasteiger partial charge in [0.25, 0.3) is 0 Å². The van der Waals surface area contributed by atoms with Crippen LogP contribution in [0.15, 0.2) is 0 Å². The Morgan fingerprint density at radius 1 is 1.85 bits per heavy atom. The van der Waals surface area contributed by atoms with E-state index in [1.807, 2.05) is 0 Å². The van der Waals surface area contributed by atoms with Crippen molar-refractivity contribution in [2.24, 2.45) is 0 Å². The average molecular weight is 221 g/mol. The van der Waals surface area contributed by atoms with Crippen LogP contribution in [0.25, 0.3) is 0 Å². The summed E-state index contributed by atoms with van der Waals surface area (Å²) >= 11 is 1.13. The van der Waals surface area contributed by atoms with Gasteiger partial charge in [0.15, 0.2) is 11.4 Å². The summed E-state index contributed by atoms with van der Waals surface area (Å²) in [7, 11) is 3.77. The van der Waals surface area contributed by atoms with Crippen LogP contribution < -0.4 is 0 Å². The maximum absolute atomic E-state index is 11.0. The fraction of sp³-hybridized carbons (Fsp3) is 1.00. The van der Waals surface area contributed by atoms with Crippen molar-refractivity contribution in [1.82, 2.24) is 0 Å². The molecule has 0 aromatic rings.